The van der Waals surface area contributed by atoms with Crippen LogP contribution in [0.5, 0.6) is 11.5 Å². The minimum absolute atomic E-state index is 0.0555. The highest BCUT2D eigenvalue weighted by molar-refractivity contribution is 5.98. The molecule has 0 unspecified atom stereocenters. The third-order valence-electron chi connectivity index (χ3n) is 4.07. The summed E-state index contributed by atoms with van der Waals surface area (Å²) in [6.45, 7) is 2.27. The third kappa shape index (κ3) is 3.21. The molecule has 3 rings (SSSR count). The maximum Gasteiger partial charge on any atom is 0.257 e. The Morgan fingerprint density at radius 2 is 2.21 bits per heavy atom. The van der Waals surface area contributed by atoms with Gasteiger partial charge >= 0.3 is 0 Å². The summed E-state index contributed by atoms with van der Waals surface area (Å²) in [6, 6.07) is 7.47. The number of ether oxygens (including phenoxy) is 2. The molecule has 2 aromatic rings. The quantitative estimate of drug-likeness (QED) is 0.774. The minimum atomic E-state index is -0.0555. The summed E-state index contributed by atoms with van der Waals surface area (Å²) in [5.41, 5.74) is 6.03. The van der Waals surface area contributed by atoms with Crippen molar-refractivity contribution in [2.45, 2.75) is 12.5 Å². The molecule has 1 amide bonds. The summed E-state index contributed by atoms with van der Waals surface area (Å²) in [5.74, 6) is 0.989. The predicted molar refractivity (Wildman–Crippen MR) is 89.3 cm³/mol. The first-order valence-electron chi connectivity index (χ1n) is 8.03. The highest BCUT2D eigenvalue weighted by Gasteiger charge is 2.34. The van der Waals surface area contributed by atoms with E-state index < -0.39 is 0 Å². The standard InChI is InChI=1S/C17H22N4O3/c1-23-15-6-2-5-14(16(15)24-10-3-7-18)17(22)20-11-13(12-20)21-9-4-8-19-21/h2,4-6,8-9,13H,3,7,10-12,18H2,1H3. The Bertz CT molecular complexity index is 681. The van der Waals surface area contributed by atoms with E-state index >= 15 is 0 Å². The predicted octanol–water partition coefficient (Wildman–Crippen LogP) is 1.32. The van der Waals surface area contributed by atoms with E-state index in [9.17, 15) is 4.79 Å². The molecule has 1 saturated heterocycles. The van der Waals surface area contributed by atoms with Gasteiger partial charge in [0.25, 0.3) is 5.91 Å². The topological polar surface area (TPSA) is 82.6 Å². The second-order valence-electron chi connectivity index (χ2n) is 5.68. The van der Waals surface area contributed by atoms with Gasteiger partial charge < -0.3 is 20.1 Å². The van der Waals surface area contributed by atoms with Gasteiger partial charge in [-0.2, -0.15) is 5.10 Å². The molecule has 2 heterocycles. The highest BCUT2D eigenvalue weighted by atomic mass is 16.5. The number of amides is 1. The van der Waals surface area contributed by atoms with Crippen LogP contribution in [0, 0.1) is 0 Å². The number of nitrogens with two attached hydrogens (primary N) is 1. The number of aromatic nitrogens is 2. The van der Waals surface area contributed by atoms with Gasteiger partial charge in [-0.15, -0.1) is 0 Å². The molecule has 1 aromatic carbocycles. The van der Waals surface area contributed by atoms with Crippen molar-refractivity contribution >= 4 is 5.91 Å². The van der Waals surface area contributed by atoms with Gasteiger partial charge in [-0.1, -0.05) is 6.07 Å². The van der Waals surface area contributed by atoms with E-state index in [2.05, 4.69) is 5.10 Å². The third-order valence-corrected chi connectivity index (χ3v) is 4.07. The number of methoxy groups -OCH3 is 1. The number of carbonyl (C=O) groups is 1. The molecule has 0 saturated carbocycles. The summed E-state index contributed by atoms with van der Waals surface area (Å²) in [7, 11) is 1.57. The average molecular weight is 330 g/mol. The Morgan fingerprint density at radius 3 is 2.88 bits per heavy atom. The van der Waals surface area contributed by atoms with Gasteiger partial charge in [-0.05, 0) is 31.2 Å². The van der Waals surface area contributed by atoms with Gasteiger partial charge in [0.15, 0.2) is 11.5 Å². The van der Waals surface area contributed by atoms with Crippen LogP contribution >= 0.6 is 0 Å². The van der Waals surface area contributed by atoms with Crippen LogP contribution in [0.4, 0.5) is 0 Å². The fourth-order valence-corrected chi connectivity index (χ4v) is 2.71. The largest absolute Gasteiger partial charge is 0.493 e. The first kappa shape index (κ1) is 16.3. The highest BCUT2D eigenvalue weighted by Crippen LogP contribution is 2.33. The van der Waals surface area contributed by atoms with E-state index in [1.165, 1.54) is 0 Å². The van der Waals surface area contributed by atoms with Gasteiger partial charge in [0.2, 0.25) is 0 Å². The van der Waals surface area contributed by atoms with Crippen LogP contribution in [-0.2, 0) is 0 Å². The lowest BCUT2D eigenvalue weighted by Crippen LogP contribution is -2.50. The van der Waals surface area contributed by atoms with Crippen molar-refractivity contribution in [3.63, 3.8) is 0 Å². The Labute approximate surface area is 140 Å². The van der Waals surface area contributed by atoms with E-state index in [1.807, 2.05) is 16.9 Å². The molecule has 0 aliphatic carbocycles. The van der Waals surface area contributed by atoms with E-state index in [4.69, 9.17) is 15.2 Å². The minimum Gasteiger partial charge on any atom is -0.493 e. The average Bonchev–Trinajstić information content (AvgIpc) is 3.07. The molecule has 24 heavy (non-hydrogen) atoms. The number of hydrogen-bond donors (Lipinski definition) is 1. The zero-order valence-corrected chi connectivity index (χ0v) is 13.7. The number of carbonyl (C=O) groups excluding carboxylic acids is 1. The smallest absolute Gasteiger partial charge is 0.257 e. The molecule has 1 aliphatic heterocycles. The second kappa shape index (κ2) is 7.35. The number of likely N-dealkylation sites (tertiary alicyclic amines) is 1. The molecule has 1 aromatic heterocycles. The number of rotatable bonds is 7. The Balaban J connectivity index is 1.72. The molecule has 1 aliphatic rings. The molecule has 0 radical (unpaired) electrons. The summed E-state index contributed by atoms with van der Waals surface area (Å²) < 4.78 is 13.0. The van der Waals surface area contributed by atoms with Crippen LogP contribution in [0.3, 0.4) is 0 Å². The second-order valence-corrected chi connectivity index (χ2v) is 5.68. The van der Waals surface area contributed by atoms with E-state index in [-0.39, 0.29) is 11.9 Å². The molecule has 0 atom stereocenters. The van der Waals surface area contributed by atoms with Crippen LogP contribution in [0.2, 0.25) is 0 Å². The van der Waals surface area contributed by atoms with Gasteiger partial charge in [-0.3, -0.25) is 9.48 Å². The SMILES string of the molecule is COc1cccc(C(=O)N2CC(n3cccn3)C2)c1OCCCN. The van der Waals surface area contributed by atoms with Crippen molar-refractivity contribution in [3.05, 3.63) is 42.2 Å². The summed E-state index contributed by atoms with van der Waals surface area (Å²) in [4.78, 5) is 14.6. The van der Waals surface area contributed by atoms with E-state index in [0.717, 1.165) is 6.42 Å². The first-order chi connectivity index (χ1) is 11.7. The summed E-state index contributed by atoms with van der Waals surface area (Å²) in [6.07, 6.45) is 4.38. The van der Waals surface area contributed by atoms with Crippen molar-refractivity contribution in [3.8, 4) is 11.5 Å². The number of benzene rings is 1. The van der Waals surface area contributed by atoms with Crippen molar-refractivity contribution < 1.29 is 14.3 Å². The lowest BCUT2D eigenvalue weighted by molar-refractivity contribution is 0.0496. The Kier molecular flexibility index (Phi) is 5.00. The summed E-state index contributed by atoms with van der Waals surface area (Å²) in [5, 5.41) is 4.22. The molecule has 7 heteroatoms. The van der Waals surface area contributed by atoms with Gasteiger partial charge in [0, 0.05) is 25.5 Å². The maximum absolute atomic E-state index is 12.8. The van der Waals surface area contributed by atoms with Crippen LogP contribution in [0.15, 0.2) is 36.7 Å². The lowest BCUT2D eigenvalue weighted by Gasteiger charge is -2.39. The molecule has 1 fully saturated rings. The zero-order valence-electron chi connectivity index (χ0n) is 13.7. The van der Waals surface area contributed by atoms with Gasteiger partial charge in [0.1, 0.15) is 0 Å². The molecule has 128 valence electrons. The number of hydrogen-bond acceptors (Lipinski definition) is 5. The van der Waals surface area contributed by atoms with Crippen LogP contribution in [-0.4, -0.2) is 53.9 Å². The van der Waals surface area contributed by atoms with Gasteiger partial charge in [-0.25, -0.2) is 0 Å². The van der Waals surface area contributed by atoms with E-state index in [0.29, 0.717) is 43.3 Å². The molecule has 0 bridgehead atoms. The van der Waals surface area contributed by atoms with E-state index in [1.54, 1.807) is 36.4 Å². The first-order valence-corrected chi connectivity index (χ1v) is 8.03. The molecular weight excluding hydrogens is 308 g/mol. The zero-order chi connectivity index (χ0) is 16.9. The van der Waals surface area contributed by atoms with Crippen molar-refractivity contribution in [1.29, 1.82) is 0 Å². The fourth-order valence-electron chi connectivity index (χ4n) is 2.71. The Morgan fingerprint density at radius 1 is 1.38 bits per heavy atom. The maximum atomic E-state index is 12.8. The summed E-state index contributed by atoms with van der Waals surface area (Å²) >= 11 is 0. The number of para-hydroxylation sites is 1. The molecular formula is C17H22N4O3. The molecule has 7 nitrogen and oxygen atoms in total. The molecule has 2 N–H and O–H groups in total. The van der Waals surface area contributed by atoms with Crippen LogP contribution in [0.1, 0.15) is 22.8 Å². The van der Waals surface area contributed by atoms with Crippen molar-refractivity contribution in [2.75, 3.05) is 33.4 Å². The van der Waals surface area contributed by atoms with Crippen LogP contribution < -0.4 is 15.2 Å². The normalized spacial score (nSPS) is 14.3. The van der Waals surface area contributed by atoms with Gasteiger partial charge in [0.05, 0.1) is 25.3 Å². The lowest BCUT2D eigenvalue weighted by atomic mass is 10.1. The van der Waals surface area contributed by atoms with Crippen LogP contribution in [0.25, 0.3) is 0 Å². The number of nitrogens with zero attached hydrogens (tertiary/aromatic N) is 3. The monoisotopic (exact) mass is 330 g/mol. The van der Waals surface area contributed by atoms with Crippen molar-refractivity contribution in [1.82, 2.24) is 14.7 Å². The van der Waals surface area contributed by atoms with Crippen molar-refractivity contribution in [2.24, 2.45) is 5.73 Å². The molecule has 0 spiro atoms. The fraction of sp³-hybridized carbons (Fsp3) is 0.412. The Hall–Kier alpha value is -2.54.